The number of aromatic amines is 1. The van der Waals surface area contributed by atoms with Gasteiger partial charge in [0.05, 0.1) is 16.9 Å². The van der Waals surface area contributed by atoms with Gasteiger partial charge in [-0.15, -0.1) is 0 Å². The second kappa shape index (κ2) is 7.81. The molecule has 0 fully saturated rings. The summed E-state index contributed by atoms with van der Waals surface area (Å²) in [6.45, 7) is 1.98. The quantitative estimate of drug-likeness (QED) is 0.335. The Hall–Kier alpha value is -4.52. The van der Waals surface area contributed by atoms with E-state index in [-0.39, 0.29) is 11.6 Å². The van der Waals surface area contributed by atoms with E-state index in [2.05, 4.69) is 21.2 Å². The van der Waals surface area contributed by atoms with Gasteiger partial charge in [-0.05, 0) is 79.2 Å². The molecule has 6 rings (SSSR count). The van der Waals surface area contributed by atoms with Gasteiger partial charge in [-0.2, -0.15) is 5.10 Å². The topological polar surface area (TPSA) is 67.3 Å². The zero-order valence-corrected chi connectivity index (χ0v) is 18.1. The highest BCUT2D eigenvalue weighted by atomic mass is 19.1. The van der Waals surface area contributed by atoms with Gasteiger partial charge < -0.3 is 0 Å². The molecule has 0 amide bonds. The first-order valence-electron chi connectivity index (χ1n) is 10.7. The smallest absolute Gasteiger partial charge is 0.178 e. The Kier molecular flexibility index (Phi) is 4.62. The molecule has 0 aliphatic rings. The fraction of sp³-hybridized carbons (Fsp3) is 0.0370. The van der Waals surface area contributed by atoms with Crippen LogP contribution in [0.2, 0.25) is 0 Å². The van der Waals surface area contributed by atoms with Crippen molar-refractivity contribution in [3.8, 4) is 33.6 Å². The molecule has 34 heavy (non-hydrogen) atoms. The molecule has 1 N–H and O–H groups in total. The third kappa shape index (κ3) is 3.47. The summed E-state index contributed by atoms with van der Waals surface area (Å²) < 4.78 is 27.1. The lowest BCUT2D eigenvalue weighted by molar-refractivity contribution is 0.627. The molecule has 6 aromatic rings. The molecule has 3 aromatic heterocycles. The number of fused-ring (bicyclic) bond motifs is 2. The van der Waals surface area contributed by atoms with Crippen LogP contribution in [0.25, 0.3) is 55.7 Å². The summed E-state index contributed by atoms with van der Waals surface area (Å²) >= 11 is 0. The summed E-state index contributed by atoms with van der Waals surface area (Å²) in [4.78, 5) is 14.2. The van der Waals surface area contributed by atoms with Gasteiger partial charge in [0.25, 0.3) is 0 Å². The molecule has 3 aromatic carbocycles. The van der Waals surface area contributed by atoms with Crippen LogP contribution >= 0.6 is 0 Å². The van der Waals surface area contributed by atoms with Crippen LogP contribution in [-0.2, 0) is 0 Å². The molecular formula is C27H17F2N5. The average molecular weight is 449 g/mol. The number of halogens is 2. The minimum absolute atomic E-state index is 0.338. The van der Waals surface area contributed by atoms with Crippen molar-refractivity contribution in [2.75, 3.05) is 0 Å². The van der Waals surface area contributed by atoms with Crippen molar-refractivity contribution >= 4 is 22.1 Å². The minimum atomic E-state index is -0.339. The number of nitrogens with one attached hydrogen (secondary N) is 1. The second-order valence-corrected chi connectivity index (χ2v) is 8.08. The Labute approximate surface area is 193 Å². The highest BCUT2D eigenvalue weighted by Gasteiger charge is 2.15. The Morgan fingerprint density at radius 2 is 1.26 bits per heavy atom. The molecule has 0 aliphatic heterocycles. The zero-order valence-electron chi connectivity index (χ0n) is 18.1. The van der Waals surface area contributed by atoms with E-state index in [4.69, 9.17) is 9.97 Å². The van der Waals surface area contributed by atoms with Crippen molar-refractivity contribution in [1.29, 1.82) is 0 Å². The maximum Gasteiger partial charge on any atom is 0.178 e. The molecule has 3 heterocycles. The number of aryl methyl sites for hydroxylation is 1. The van der Waals surface area contributed by atoms with Gasteiger partial charge in [-0.25, -0.2) is 23.7 Å². The molecular weight excluding hydrogens is 432 g/mol. The van der Waals surface area contributed by atoms with Gasteiger partial charge in [0.1, 0.15) is 17.2 Å². The van der Waals surface area contributed by atoms with E-state index in [1.54, 1.807) is 30.5 Å². The normalized spacial score (nSPS) is 11.4. The Balaban J connectivity index is 1.55. The standard InChI is InChI=1S/C27H17F2N5/c1-15-22-12-18(6-11-23(22)34-33-15)19-13-24-27(30-14-19)32-26(17-4-9-21(29)10-5-17)25(31-24)16-2-7-20(28)8-3-16/h2-14H,1H3,(H,33,34). The summed E-state index contributed by atoms with van der Waals surface area (Å²) in [7, 11) is 0. The number of H-pyrrole nitrogens is 1. The maximum atomic E-state index is 13.6. The third-order valence-corrected chi connectivity index (χ3v) is 5.83. The minimum Gasteiger partial charge on any atom is -0.282 e. The van der Waals surface area contributed by atoms with Gasteiger partial charge in [-0.3, -0.25) is 5.10 Å². The number of benzene rings is 3. The molecule has 0 radical (unpaired) electrons. The third-order valence-electron chi connectivity index (χ3n) is 5.83. The first-order valence-corrected chi connectivity index (χ1v) is 10.7. The second-order valence-electron chi connectivity index (χ2n) is 8.08. The monoisotopic (exact) mass is 449 g/mol. The van der Waals surface area contributed by atoms with Crippen molar-refractivity contribution < 1.29 is 8.78 Å². The zero-order chi connectivity index (χ0) is 23.2. The van der Waals surface area contributed by atoms with E-state index in [9.17, 15) is 8.78 Å². The number of hydrogen-bond donors (Lipinski definition) is 1. The molecule has 0 spiro atoms. The van der Waals surface area contributed by atoms with Crippen molar-refractivity contribution in [3.63, 3.8) is 0 Å². The van der Waals surface area contributed by atoms with Crippen LogP contribution in [0.3, 0.4) is 0 Å². The number of nitrogens with zero attached hydrogens (tertiary/aromatic N) is 4. The maximum absolute atomic E-state index is 13.6. The SMILES string of the molecule is Cc1[nH]nc2ccc(-c3cnc4nc(-c5ccc(F)cc5)c(-c5ccc(F)cc5)nc4c3)cc12. The largest absolute Gasteiger partial charge is 0.282 e. The van der Waals surface area contributed by atoms with Crippen LogP contribution in [0.4, 0.5) is 8.78 Å². The highest BCUT2D eigenvalue weighted by Crippen LogP contribution is 2.32. The molecule has 0 bridgehead atoms. The Bertz CT molecular complexity index is 1670. The average Bonchev–Trinajstić information content (AvgIpc) is 3.24. The molecule has 0 saturated carbocycles. The van der Waals surface area contributed by atoms with Gasteiger partial charge >= 0.3 is 0 Å². The summed E-state index contributed by atoms with van der Waals surface area (Å²) in [5.41, 5.74) is 7.36. The van der Waals surface area contributed by atoms with Crippen LogP contribution in [0.5, 0.6) is 0 Å². The summed E-state index contributed by atoms with van der Waals surface area (Å²) in [5, 5.41) is 8.33. The van der Waals surface area contributed by atoms with E-state index in [0.29, 0.717) is 33.7 Å². The molecule has 0 aliphatic carbocycles. The predicted octanol–water partition coefficient (Wildman–Crippen LogP) is 6.49. The van der Waals surface area contributed by atoms with Crippen LogP contribution in [0.15, 0.2) is 79.0 Å². The van der Waals surface area contributed by atoms with Crippen LogP contribution < -0.4 is 0 Å². The Morgan fingerprint density at radius 1 is 0.647 bits per heavy atom. The summed E-state index contributed by atoms with van der Waals surface area (Å²) in [6, 6.07) is 20.1. The lowest BCUT2D eigenvalue weighted by Gasteiger charge is -2.11. The summed E-state index contributed by atoms with van der Waals surface area (Å²) in [6.07, 6.45) is 1.76. The number of pyridine rings is 1. The van der Waals surface area contributed by atoms with E-state index >= 15 is 0 Å². The molecule has 164 valence electrons. The van der Waals surface area contributed by atoms with Crippen molar-refractivity contribution in [1.82, 2.24) is 25.1 Å². The molecule has 5 nitrogen and oxygen atoms in total. The number of aromatic nitrogens is 5. The number of hydrogen-bond acceptors (Lipinski definition) is 4. The van der Waals surface area contributed by atoms with E-state index in [1.807, 2.05) is 25.1 Å². The number of rotatable bonds is 3. The molecule has 0 saturated heterocycles. The van der Waals surface area contributed by atoms with E-state index < -0.39 is 0 Å². The Morgan fingerprint density at radius 3 is 1.94 bits per heavy atom. The molecule has 7 heteroatoms. The lowest BCUT2D eigenvalue weighted by atomic mass is 10.0. The summed E-state index contributed by atoms with van der Waals surface area (Å²) in [5.74, 6) is -0.678. The van der Waals surface area contributed by atoms with Crippen LogP contribution in [0.1, 0.15) is 5.69 Å². The van der Waals surface area contributed by atoms with Crippen molar-refractivity contribution in [3.05, 3.63) is 96.3 Å². The van der Waals surface area contributed by atoms with Gasteiger partial charge in [0.2, 0.25) is 0 Å². The first kappa shape index (κ1) is 20.1. The highest BCUT2D eigenvalue weighted by molar-refractivity contribution is 5.89. The fourth-order valence-electron chi connectivity index (χ4n) is 4.04. The molecule has 0 unspecified atom stereocenters. The van der Waals surface area contributed by atoms with Gasteiger partial charge in [0, 0.05) is 34.0 Å². The van der Waals surface area contributed by atoms with E-state index in [1.165, 1.54) is 24.3 Å². The van der Waals surface area contributed by atoms with E-state index in [0.717, 1.165) is 27.7 Å². The van der Waals surface area contributed by atoms with Gasteiger partial charge in [-0.1, -0.05) is 6.07 Å². The van der Waals surface area contributed by atoms with Gasteiger partial charge in [0.15, 0.2) is 5.65 Å². The first-order chi connectivity index (χ1) is 16.5. The molecule has 0 atom stereocenters. The van der Waals surface area contributed by atoms with Crippen LogP contribution in [0, 0.1) is 18.6 Å². The lowest BCUT2D eigenvalue weighted by Crippen LogP contribution is -1.98. The van der Waals surface area contributed by atoms with Crippen LogP contribution in [-0.4, -0.2) is 25.1 Å². The van der Waals surface area contributed by atoms with Crippen molar-refractivity contribution in [2.45, 2.75) is 6.92 Å². The fourth-order valence-corrected chi connectivity index (χ4v) is 4.04. The predicted molar refractivity (Wildman–Crippen MR) is 128 cm³/mol. The van der Waals surface area contributed by atoms with Crippen molar-refractivity contribution in [2.24, 2.45) is 0 Å².